The van der Waals surface area contributed by atoms with Crippen LogP contribution in [0.1, 0.15) is 19.4 Å². The molecule has 0 saturated heterocycles. The number of aromatic nitrogens is 2. The van der Waals surface area contributed by atoms with Crippen molar-refractivity contribution in [1.29, 1.82) is 0 Å². The first-order valence-electron chi connectivity index (χ1n) is 4.12. The van der Waals surface area contributed by atoms with Gasteiger partial charge in [-0.25, -0.2) is 5.10 Å². The van der Waals surface area contributed by atoms with Crippen molar-refractivity contribution >= 4 is 17.3 Å². The van der Waals surface area contributed by atoms with Gasteiger partial charge in [0, 0.05) is 0 Å². The minimum atomic E-state index is 0.416. The van der Waals surface area contributed by atoms with Gasteiger partial charge in [-0.2, -0.15) is 5.10 Å². The molecule has 0 atom stereocenters. The lowest BCUT2D eigenvalue weighted by Crippen LogP contribution is -2.04. The summed E-state index contributed by atoms with van der Waals surface area (Å²) in [6, 6.07) is 0. The van der Waals surface area contributed by atoms with Crippen molar-refractivity contribution in [2.24, 2.45) is 0 Å². The van der Waals surface area contributed by atoms with Crippen LogP contribution in [0.5, 0.6) is 5.88 Å². The minimum Gasteiger partial charge on any atom is -0.483 e. The first kappa shape index (κ1) is 9.98. The number of nitrogens with one attached hydrogen (secondary N) is 1. The van der Waals surface area contributed by atoms with Crippen LogP contribution >= 0.6 is 12.2 Å². The fourth-order valence-corrected chi connectivity index (χ4v) is 1.15. The largest absolute Gasteiger partial charge is 0.483 e. The van der Waals surface area contributed by atoms with E-state index >= 15 is 0 Å². The Hall–Kier alpha value is -1.10. The summed E-state index contributed by atoms with van der Waals surface area (Å²) in [4.78, 5) is 0. The lowest BCUT2D eigenvalue weighted by molar-refractivity contribution is 0.316. The topological polar surface area (TPSA) is 47.1 Å². The molecule has 1 N–H and O–H groups in total. The third-order valence-corrected chi connectivity index (χ3v) is 1.73. The molecule has 0 radical (unpaired) electrons. The summed E-state index contributed by atoms with van der Waals surface area (Å²) in [7, 11) is 0. The Morgan fingerprint density at radius 3 is 2.92 bits per heavy atom. The highest BCUT2D eigenvalue weighted by Gasteiger charge is 2.11. The van der Waals surface area contributed by atoms with Gasteiger partial charge in [0.2, 0.25) is 5.88 Å². The van der Waals surface area contributed by atoms with Crippen LogP contribution in [0, 0.1) is 0 Å². The third-order valence-electron chi connectivity index (χ3n) is 1.39. The first-order valence-corrected chi connectivity index (χ1v) is 4.53. The molecule has 0 aliphatic heterocycles. The van der Waals surface area contributed by atoms with E-state index in [1.54, 1.807) is 6.20 Å². The number of rotatable bonds is 4. The fourth-order valence-electron chi connectivity index (χ4n) is 0.883. The molecule has 0 aliphatic rings. The predicted molar refractivity (Wildman–Crippen MR) is 53.1 cm³/mol. The van der Waals surface area contributed by atoms with Crippen LogP contribution in [0.4, 0.5) is 0 Å². The zero-order valence-electron chi connectivity index (χ0n) is 7.66. The molecule has 0 saturated carbocycles. The first-order chi connectivity index (χ1) is 6.29. The summed E-state index contributed by atoms with van der Waals surface area (Å²) in [5.74, 6) is 0.570. The molecule has 0 spiro atoms. The molecule has 4 nitrogen and oxygen atoms in total. The number of thiocarbonyl (C=S) groups is 1. The van der Waals surface area contributed by atoms with Gasteiger partial charge in [-0.3, -0.25) is 0 Å². The predicted octanol–water partition coefficient (Wildman–Crippen LogP) is 1.52. The van der Waals surface area contributed by atoms with Crippen molar-refractivity contribution in [2.45, 2.75) is 13.8 Å². The molecule has 1 aromatic rings. The monoisotopic (exact) mass is 200 g/mol. The molecule has 0 bridgehead atoms. The quantitative estimate of drug-likeness (QED) is 0.748. The normalized spacial score (nSPS) is 9.69. The van der Waals surface area contributed by atoms with E-state index in [9.17, 15) is 0 Å². The number of nitrogens with zero attached hydrogens (tertiary/aromatic N) is 1. The SMILES string of the molecule is CCOC(=S)c1cn[nH]c1OCC. The highest BCUT2D eigenvalue weighted by atomic mass is 32.1. The van der Waals surface area contributed by atoms with E-state index in [2.05, 4.69) is 10.2 Å². The maximum atomic E-state index is 5.26. The van der Waals surface area contributed by atoms with Crippen LogP contribution in [0.15, 0.2) is 6.20 Å². The second kappa shape index (κ2) is 4.81. The van der Waals surface area contributed by atoms with Crippen molar-refractivity contribution in [2.75, 3.05) is 13.2 Å². The number of hydrogen-bond acceptors (Lipinski definition) is 4. The van der Waals surface area contributed by atoms with Crippen molar-refractivity contribution in [3.05, 3.63) is 11.8 Å². The molecule has 1 rings (SSSR count). The van der Waals surface area contributed by atoms with Gasteiger partial charge in [-0.1, -0.05) is 0 Å². The molecule has 0 aromatic carbocycles. The van der Waals surface area contributed by atoms with E-state index in [-0.39, 0.29) is 0 Å². The van der Waals surface area contributed by atoms with Gasteiger partial charge in [0.25, 0.3) is 0 Å². The Morgan fingerprint density at radius 2 is 2.31 bits per heavy atom. The van der Waals surface area contributed by atoms with Crippen LogP contribution in [0.2, 0.25) is 0 Å². The summed E-state index contributed by atoms with van der Waals surface area (Å²) in [6.45, 7) is 4.90. The molecule has 0 aliphatic carbocycles. The van der Waals surface area contributed by atoms with E-state index in [4.69, 9.17) is 21.7 Å². The van der Waals surface area contributed by atoms with Crippen LogP contribution in [0.3, 0.4) is 0 Å². The summed E-state index contributed by atoms with van der Waals surface area (Å²) >= 11 is 5.01. The fraction of sp³-hybridized carbons (Fsp3) is 0.500. The summed E-state index contributed by atoms with van der Waals surface area (Å²) < 4.78 is 10.4. The van der Waals surface area contributed by atoms with Gasteiger partial charge in [0.05, 0.1) is 19.4 Å². The Kier molecular flexibility index (Phi) is 3.70. The highest BCUT2D eigenvalue weighted by molar-refractivity contribution is 7.80. The standard InChI is InChI=1S/C8H12N2O2S/c1-3-11-7-6(5-9-10-7)8(13)12-4-2/h5H,3-4H2,1-2H3,(H,9,10). The van der Waals surface area contributed by atoms with Crippen molar-refractivity contribution in [3.63, 3.8) is 0 Å². The molecular weight excluding hydrogens is 188 g/mol. The lowest BCUT2D eigenvalue weighted by atomic mass is 10.4. The van der Waals surface area contributed by atoms with E-state index < -0.39 is 0 Å². The molecule has 0 amide bonds. The van der Waals surface area contributed by atoms with Gasteiger partial charge < -0.3 is 9.47 Å². The molecule has 5 heteroatoms. The van der Waals surface area contributed by atoms with Gasteiger partial charge in [-0.15, -0.1) is 0 Å². The second-order valence-corrected chi connectivity index (χ2v) is 2.64. The van der Waals surface area contributed by atoms with E-state index in [0.29, 0.717) is 29.7 Å². The number of H-pyrrole nitrogens is 1. The zero-order chi connectivity index (χ0) is 9.68. The van der Waals surface area contributed by atoms with E-state index in [1.165, 1.54) is 0 Å². The number of ether oxygens (including phenoxy) is 2. The van der Waals surface area contributed by atoms with Crippen LogP contribution in [0.25, 0.3) is 0 Å². The average molecular weight is 200 g/mol. The molecule has 1 aromatic heterocycles. The van der Waals surface area contributed by atoms with Crippen LogP contribution in [-0.4, -0.2) is 28.5 Å². The molecule has 0 fully saturated rings. The summed E-state index contributed by atoms with van der Waals surface area (Å²) in [6.07, 6.45) is 1.60. The van der Waals surface area contributed by atoms with Gasteiger partial charge >= 0.3 is 0 Å². The lowest BCUT2D eigenvalue weighted by Gasteiger charge is -2.05. The van der Waals surface area contributed by atoms with Crippen molar-refractivity contribution in [3.8, 4) is 5.88 Å². The van der Waals surface area contributed by atoms with Gasteiger partial charge in [0.1, 0.15) is 5.56 Å². The summed E-state index contributed by atoms with van der Waals surface area (Å²) in [5, 5.41) is 6.95. The summed E-state index contributed by atoms with van der Waals surface area (Å²) in [5.41, 5.74) is 0.707. The highest BCUT2D eigenvalue weighted by Crippen LogP contribution is 2.15. The van der Waals surface area contributed by atoms with Crippen molar-refractivity contribution < 1.29 is 9.47 Å². The van der Waals surface area contributed by atoms with Gasteiger partial charge in [0.15, 0.2) is 5.05 Å². The van der Waals surface area contributed by atoms with Gasteiger partial charge in [-0.05, 0) is 26.1 Å². The van der Waals surface area contributed by atoms with E-state index in [1.807, 2.05) is 13.8 Å². The Bertz CT molecular complexity index is 285. The molecular formula is C8H12N2O2S. The van der Waals surface area contributed by atoms with E-state index in [0.717, 1.165) is 0 Å². The zero-order valence-corrected chi connectivity index (χ0v) is 8.48. The maximum absolute atomic E-state index is 5.26. The Labute approximate surface area is 82.2 Å². The molecule has 1 heterocycles. The smallest absolute Gasteiger partial charge is 0.221 e. The Balaban J connectivity index is 2.74. The Morgan fingerprint density at radius 1 is 1.54 bits per heavy atom. The number of aromatic amines is 1. The number of hydrogen-bond donors (Lipinski definition) is 1. The molecule has 13 heavy (non-hydrogen) atoms. The van der Waals surface area contributed by atoms with Crippen LogP contribution < -0.4 is 4.74 Å². The van der Waals surface area contributed by atoms with Crippen LogP contribution in [-0.2, 0) is 4.74 Å². The minimum absolute atomic E-state index is 0.416. The second-order valence-electron chi connectivity index (χ2n) is 2.27. The third kappa shape index (κ3) is 2.42. The average Bonchev–Trinajstić information content (AvgIpc) is 2.54. The maximum Gasteiger partial charge on any atom is 0.221 e. The molecule has 72 valence electrons. The molecule has 0 unspecified atom stereocenters. The van der Waals surface area contributed by atoms with Crippen molar-refractivity contribution in [1.82, 2.24) is 10.2 Å².